The minimum absolute atomic E-state index is 0.00424. The van der Waals surface area contributed by atoms with Crippen molar-refractivity contribution in [3.05, 3.63) is 29.3 Å². The number of benzene rings is 1. The number of sulfonamides is 1. The first-order chi connectivity index (χ1) is 10.9. The topological polar surface area (TPSA) is 66.9 Å². The van der Waals surface area contributed by atoms with Gasteiger partial charge in [-0.25, -0.2) is 8.42 Å². The lowest BCUT2D eigenvalue weighted by Gasteiger charge is -2.31. The van der Waals surface area contributed by atoms with E-state index in [-0.39, 0.29) is 12.0 Å². The summed E-state index contributed by atoms with van der Waals surface area (Å²) < 4.78 is 32.8. The fourth-order valence-corrected chi connectivity index (χ4v) is 4.57. The van der Waals surface area contributed by atoms with Gasteiger partial charge in [-0.1, -0.05) is 13.0 Å². The van der Waals surface area contributed by atoms with Crippen LogP contribution in [0.2, 0.25) is 0 Å². The Bertz CT molecular complexity index is 717. The first kappa shape index (κ1) is 16.4. The number of ether oxygens (including phenoxy) is 1. The molecule has 2 heterocycles. The highest BCUT2D eigenvalue weighted by Crippen LogP contribution is 2.27. The van der Waals surface area contributed by atoms with E-state index in [1.807, 2.05) is 13.0 Å². The molecule has 6 nitrogen and oxygen atoms in total. The lowest BCUT2D eigenvalue weighted by molar-refractivity contribution is -0.129. The van der Waals surface area contributed by atoms with Crippen molar-refractivity contribution in [2.24, 2.45) is 0 Å². The summed E-state index contributed by atoms with van der Waals surface area (Å²) in [6.45, 7) is 5.77. The normalized spacial score (nSPS) is 22.2. The smallest absolute Gasteiger partial charge is 0.243 e. The van der Waals surface area contributed by atoms with Crippen LogP contribution in [0.3, 0.4) is 0 Å². The van der Waals surface area contributed by atoms with E-state index >= 15 is 0 Å². The van der Waals surface area contributed by atoms with Crippen molar-refractivity contribution in [1.29, 1.82) is 0 Å². The van der Waals surface area contributed by atoms with Crippen LogP contribution in [0, 0.1) is 0 Å². The molecule has 0 aromatic heterocycles. The van der Waals surface area contributed by atoms with Crippen molar-refractivity contribution >= 4 is 15.9 Å². The predicted molar refractivity (Wildman–Crippen MR) is 85.2 cm³/mol. The summed E-state index contributed by atoms with van der Waals surface area (Å²) in [5.41, 5.74) is 1.94. The molecule has 1 fully saturated rings. The molecule has 3 rings (SSSR count). The zero-order chi connectivity index (χ0) is 16.6. The minimum Gasteiger partial charge on any atom is -0.375 e. The van der Waals surface area contributed by atoms with Crippen LogP contribution in [0.1, 0.15) is 31.4 Å². The maximum absolute atomic E-state index is 12.9. The number of carbonyl (C=O) groups excluding carboxylic acids is 1. The van der Waals surface area contributed by atoms with E-state index in [0.29, 0.717) is 37.7 Å². The van der Waals surface area contributed by atoms with Gasteiger partial charge in [-0.3, -0.25) is 4.79 Å². The molecular formula is C16H22N2O4S. The molecule has 23 heavy (non-hydrogen) atoms. The number of nitrogens with zero attached hydrogens (tertiary/aromatic N) is 2. The van der Waals surface area contributed by atoms with E-state index < -0.39 is 10.0 Å². The molecule has 0 radical (unpaired) electrons. The van der Waals surface area contributed by atoms with Gasteiger partial charge in [0.1, 0.15) is 0 Å². The van der Waals surface area contributed by atoms with Crippen LogP contribution in [0.25, 0.3) is 0 Å². The summed E-state index contributed by atoms with van der Waals surface area (Å²) in [6, 6.07) is 5.18. The van der Waals surface area contributed by atoms with Crippen molar-refractivity contribution in [2.75, 3.05) is 19.7 Å². The van der Waals surface area contributed by atoms with Gasteiger partial charge >= 0.3 is 0 Å². The summed E-state index contributed by atoms with van der Waals surface area (Å²) in [7, 11) is -3.51. The zero-order valence-electron chi connectivity index (χ0n) is 13.5. The molecule has 0 bridgehead atoms. The Balaban J connectivity index is 1.85. The van der Waals surface area contributed by atoms with Gasteiger partial charge in [0.25, 0.3) is 0 Å². The molecule has 1 aromatic rings. The molecule has 1 unspecified atom stereocenters. The first-order valence-electron chi connectivity index (χ1n) is 7.91. The molecule has 1 atom stereocenters. The molecule has 7 heteroatoms. The number of hydrogen-bond donors (Lipinski definition) is 0. The van der Waals surface area contributed by atoms with Gasteiger partial charge in [-0.2, -0.15) is 4.31 Å². The lowest BCUT2D eigenvalue weighted by Crippen LogP contribution is -2.45. The molecule has 0 saturated carbocycles. The van der Waals surface area contributed by atoms with Crippen LogP contribution in [-0.4, -0.2) is 49.3 Å². The third-order valence-corrected chi connectivity index (χ3v) is 6.40. The summed E-state index contributed by atoms with van der Waals surface area (Å²) >= 11 is 0. The second-order valence-electron chi connectivity index (χ2n) is 6.07. The number of fused-ring (bicyclic) bond motifs is 1. The van der Waals surface area contributed by atoms with Crippen molar-refractivity contribution < 1.29 is 17.9 Å². The van der Waals surface area contributed by atoms with Crippen LogP contribution < -0.4 is 0 Å². The van der Waals surface area contributed by atoms with Crippen LogP contribution in [0.4, 0.5) is 0 Å². The van der Waals surface area contributed by atoms with Gasteiger partial charge < -0.3 is 9.64 Å². The third kappa shape index (κ3) is 3.13. The Morgan fingerprint density at radius 2 is 2.04 bits per heavy atom. The number of amides is 1. The number of hydrogen-bond acceptors (Lipinski definition) is 4. The monoisotopic (exact) mass is 338 g/mol. The molecule has 0 spiro atoms. The maximum Gasteiger partial charge on any atom is 0.243 e. The SMILES string of the molecule is CCC1CN(S(=O)(=O)c2ccc3c(c2)CN(C(C)=O)C3)CCO1. The number of morpholine rings is 1. The fraction of sp³-hybridized carbons (Fsp3) is 0.562. The minimum atomic E-state index is -3.51. The summed E-state index contributed by atoms with van der Waals surface area (Å²) in [5.74, 6) is 0.00424. The average Bonchev–Trinajstić information content (AvgIpc) is 2.98. The third-order valence-electron chi connectivity index (χ3n) is 4.54. The van der Waals surface area contributed by atoms with Gasteiger partial charge in [0.15, 0.2) is 0 Å². The Labute approximate surface area is 137 Å². The van der Waals surface area contributed by atoms with Crippen molar-refractivity contribution in [3.8, 4) is 0 Å². The van der Waals surface area contributed by atoms with Gasteiger partial charge in [0.05, 0.1) is 17.6 Å². The Hall–Kier alpha value is -1.44. The zero-order valence-corrected chi connectivity index (χ0v) is 14.3. The Morgan fingerprint density at radius 1 is 1.30 bits per heavy atom. The standard InChI is InChI=1S/C16H22N2O4S/c1-3-15-11-18(6-7-22-15)23(20,21)16-5-4-13-9-17(12(2)19)10-14(13)8-16/h4-5,8,15H,3,6-7,9-11H2,1-2H3. The van der Waals surface area contributed by atoms with E-state index in [1.54, 1.807) is 17.0 Å². The van der Waals surface area contributed by atoms with Crippen LogP contribution in [0.5, 0.6) is 0 Å². The predicted octanol–water partition coefficient (Wildman–Crippen LogP) is 1.35. The fourth-order valence-electron chi connectivity index (χ4n) is 3.06. The summed E-state index contributed by atoms with van der Waals surface area (Å²) in [4.78, 5) is 13.5. The van der Waals surface area contributed by atoms with E-state index in [1.165, 1.54) is 11.2 Å². The average molecular weight is 338 g/mol. The van der Waals surface area contributed by atoms with Gasteiger partial charge in [-0.15, -0.1) is 0 Å². The maximum atomic E-state index is 12.9. The molecule has 1 amide bonds. The molecule has 2 aliphatic rings. The first-order valence-corrected chi connectivity index (χ1v) is 9.35. The highest BCUT2D eigenvalue weighted by atomic mass is 32.2. The number of carbonyl (C=O) groups is 1. The van der Waals surface area contributed by atoms with Gasteiger partial charge in [0, 0.05) is 33.1 Å². The highest BCUT2D eigenvalue weighted by molar-refractivity contribution is 7.89. The summed E-state index contributed by atoms with van der Waals surface area (Å²) in [6.07, 6.45) is 0.755. The Morgan fingerprint density at radius 3 is 2.74 bits per heavy atom. The van der Waals surface area contributed by atoms with Crippen molar-refractivity contribution in [1.82, 2.24) is 9.21 Å². The largest absolute Gasteiger partial charge is 0.375 e. The highest BCUT2D eigenvalue weighted by Gasteiger charge is 2.31. The second-order valence-corrected chi connectivity index (χ2v) is 8.01. The van der Waals surface area contributed by atoms with E-state index in [2.05, 4.69) is 0 Å². The van der Waals surface area contributed by atoms with Crippen LogP contribution >= 0.6 is 0 Å². The lowest BCUT2D eigenvalue weighted by atomic mass is 10.1. The van der Waals surface area contributed by atoms with E-state index in [4.69, 9.17) is 4.74 Å². The van der Waals surface area contributed by atoms with Gasteiger partial charge in [-0.05, 0) is 29.7 Å². The Kier molecular flexibility index (Phi) is 4.44. The van der Waals surface area contributed by atoms with Crippen molar-refractivity contribution in [2.45, 2.75) is 44.4 Å². The molecule has 0 N–H and O–H groups in total. The molecule has 0 aliphatic carbocycles. The quantitative estimate of drug-likeness (QED) is 0.834. The van der Waals surface area contributed by atoms with Gasteiger partial charge in [0.2, 0.25) is 15.9 Å². The summed E-state index contributed by atoms with van der Waals surface area (Å²) in [5, 5.41) is 0. The van der Waals surface area contributed by atoms with Crippen molar-refractivity contribution in [3.63, 3.8) is 0 Å². The van der Waals surface area contributed by atoms with E-state index in [9.17, 15) is 13.2 Å². The van der Waals surface area contributed by atoms with Crippen LogP contribution in [-0.2, 0) is 32.6 Å². The van der Waals surface area contributed by atoms with E-state index in [0.717, 1.165) is 17.5 Å². The number of rotatable bonds is 3. The second kappa shape index (κ2) is 6.22. The molecule has 126 valence electrons. The molecule has 2 aliphatic heterocycles. The van der Waals surface area contributed by atoms with Crippen LogP contribution in [0.15, 0.2) is 23.1 Å². The molecular weight excluding hydrogens is 316 g/mol. The molecule has 1 saturated heterocycles. The molecule has 1 aromatic carbocycles.